The normalized spacial score (nSPS) is 14.2. The number of nitrogens with zero attached hydrogens (tertiary/aromatic N) is 2. The number of ether oxygens (including phenoxy) is 2. The summed E-state index contributed by atoms with van der Waals surface area (Å²) in [5, 5.41) is 9.52. The van der Waals surface area contributed by atoms with E-state index in [4.69, 9.17) is 9.47 Å². The highest BCUT2D eigenvalue weighted by Gasteiger charge is 2.19. The van der Waals surface area contributed by atoms with E-state index in [0.717, 1.165) is 31.6 Å². The van der Waals surface area contributed by atoms with Crippen molar-refractivity contribution in [2.75, 3.05) is 32.2 Å². The fourth-order valence-electron chi connectivity index (χ4n) is 3.23. The van der Waals surface area contributed by atoms with E-state index >= 15 is 0 Å². The molecule has 134 valence electrons. The van der Waals surface area contributed by atoms with Crippen molar-refractivity contribution in [3.05, 3.63) is 53.3 Å². The SMILES string of the molecule is COc1cc(N2CCCC2)c(OC)cc1/C=C(/C#N)c1ccccc1F. The van der Waals surface area contributed by atoms with Crippen LogP contribution in [0.3, 0.4) is 0 Å². The van der Waals surface area contributed by atoms with E-state index in [9.17, 15) is 9.65 Å². The first-order valence-electron chi connectivity index (χ1n) is 8.55. The molecular weight excluding hydrogens is 331 g/mol. The number of benzene rings is 2. The molecular formula is C21H21FN2O2. The molecule has 26 heavy (non-hydrogen) atoms. The molecule has 0 amide bonds. The Morgan fingerprint density at radius 3 is 2.42 bits per heavy atom. The fraction of sp³-hybridized carbons (Fsp3) is 0.286. The van der Waals surface area contributed by atoms with Crippen molar-refractivity contribution >= 4 is 17.3 Å². The van der Waals surface area contributed by atoms with Gasteiger partial charge in [-0.2, -0.15) is 5.26 Å². The lowest BCUT2D eigenvalue weighted by Gasteiger charge is -2.22. The van der Waals surface area contributed by atoms with Crippen LogP contribution in [0.4, 0.5) is 10.1 Å². The molecule has 1 heterocycles. The van der Waals surface area contributed by atoms with E-state index in [0.29, 0.717) is 17.1 Å². The third-order valence-electron chi connectivity index (χ3n) is 4.56. The molecule has 0 spiro atoms. The predicted octanol–water partition coefficient (Wildman–Crippen LogP) is 4.51. The lowest BCUT2D eigenvalue weighted by atomic mass is 10.0. The molecule has 0 saturated carbocycles. The highest BCUT2D eigenvalue weighted by atomic mass is 19.1. The molecule has 2 aromatic carbocycles. The number of anilines is 1. The summed E-state index contributed by atoms with van der Waals surface area (Å²) in [4.78, 5) is 2.26. The average molecular weight is 352 g/mol. The van der Waals surface area contributed by atoms with Crippen molar-refractivity contribution in [2.45, 2.75) is 12.8 Å². The number of methoxy groups -OCH3 is 2. The van der Waals surface area contributed by atoms with Crippen LogP contribution in [-0.2, 0) is 0 Å². The molecule has 2 aromatic rings. The summed E-state index contributed by atoms with van der Waals surface area (Å²) in [6.07, 6.45) is 3.94. The Labute approximate surface area is 153 Å². The average Bonchev–Trinajstić information content (AvgIpc) is 3.20. The minimum Gasteiger partial charge on any atom is -0.496 e. The maximum atomic E-state index is 14.1. The molecule has 1 aliphatic rings. The highest BCUT2D eigenvalue weighted by molar-refractivity contribution is 5.91. The Balaban J connectivity index is 2.09. The largest absolute Gasteiger partial charge is 0.496 e. The topological polar surface area (TPSA) is 45.5 Å². The number of hydrogen-bond donors (Lipinski definition) is 0. The van der Waals surface area contributed by atoms with Crippen molar-refractivity contribution in [1.82, 2.24) is 0 Å². The quantitative estimate of drug-likeness (QED) is 0.587. The number of halogens is 1. The Hall–Kier alpha value is -3.00. The van der Waals surface area contributed by atoms with Gasteiger partial charge in [0.05, 0.1) is 31.5 Å². The van der Waals surface area contributed by atoms with E-state index in [1.54, 1.807) is 38.5 Å². The van der Waals surface area contributed by atoms with Crippen molar-refractivity contribution in [3.63, 3.8) is 0 Å². The van der Waals surface area contributed by atoms with Gasteiger partial charge in [0.15, 0.2) is 0 Å². The van der Waals surface area contributed by atoms with Crippen molar-refractivity contribution in [3.8, 4) is 17.6 Å². The fourth-order valence-corrected chi connectivity index (χ4v) is 3.23. The van der Waals surface area contributed by atoms with Crippen LogP contribution in [0.25, 0.3) is 11.6 Å². The molecule has 1 aliphatic heterocycles. The Morgan fingerprint density at radius 1 is 1.12 bits per heavy atom. The molecule has 0 aliphatic carbocycles. The number of allylic oxidation sites excluding steroid dienone is 1. The summed E-state index contributed by atoms with van der Waals surface area (Å²) >= 11 is 0. The van der Waals surface area contributed by atoms with E-state index in [1.165, 1.54) is 6.07 Å². The van der Waals surface area contributed by atoms with Gasteiger partial charge in [-0.05, 0) is 31.1 Å². The molecule has 4 nitrogen and oxygen atoms in total. The zero-order valence-corrected chi connectivity index (χ0v) is 15.0. The van der Waals surface area contributed by atoms with Crippen LogP contribution in [0, 0.1) is 17.1 Å². The van der Waals surface area contributed by atoms with E-state index in [-0.39, 0.29) is 11.1 Å². The van der Waals surface area contributed by atoms with Crippen LogP contribution in [0.15, 0.2) is 36.4 Å². The number of rotatable bonds is 5. The summed E-state index contributed by atoms with van der Waals surface area (Å²) in [6.45, 7) is 1.96. The Morgan fingerprint density at radius 2 is 1.81 bits per heavy atom. The first-order valence-corrected chi connectivity index (χ1v) is 8.55. The lowest BCUT2D eigenvalue weighted by molar-refractivity contribution is 0.402. The zero-order chi connectivity index (χ0) is 18.5. The summed E-state index contributed by atoms with van der Waals surface area (Å²) in [6, 6.07) is 12.1. The highest BCUT2D eigenvalue weighted by Crippen LogP contribution is 2.38. The van der Waals surface area contributed by atoms with Crippen LogP contribution in [-0.4, -0.2) is 27.3 Å². The lowest BCUT2D eigenvalue weighted by Crippen LogP contribution is -2.18. The molecule has 3 rings (SSSR count). The van der Waals surface area contributed by atoms with Crippen LogP contribution in [0.1, 0.15) is 24.0 Å². The molecule has 1 fully saturated rings. The summed E-state index contributed by atoms with van der Waals surface area (Å²) in [5.41, 5.74) is 2.15. The van der Waals surface area contributed by atoms with Gasteiger partial charge in [0.2, 0.25) is 0 Å². The minimum absolute atomic E-state index is 0.234. The van der Waals surface area contributed by atoms with Crippen LogP contribution >= 0.6 is 0 Å². The standard InChI is InChI=1S/C21H21FN2O2/c1-25-20-13-19(24-9-5-6-10-24)21(26-2)12-15(20)11-16(14-23)17-7-3-4-8-18(17)22/h3-4,7-8,11-13H,5-6,9-10H2,1-2H3/b16-11-. The van der Waals surface area contributed by atoms with Crippen LogP contribution < -0.4 is 14.4 Å². The van der Waals surface area contributed by atoms with Gasteiger partial charge >= 0.3 is 0 Å². The smallest absolute Gasteiger partial charge is 0.143 e. The van der Waals surface area contributed by atoms with E-state index < -0.39 is 5.82 Å². The van der Waals surface area contributed by atoms with Gasteiger partial charge < -0.3 is 14.4 Å². The molecule has 0 aromatic heterocycles. The maximum absolute atomic E-state index is 14.1. The van der Waals surface area contributed by atoms with Crippen LogP contribution in [0.5, 0.6) is 11.5 Å². The van der Waals surface area contributed by atoms with Crippen molar-refractivity contribution in [1.29, 1.82) is 5.26 Å². The van der Waals surface area contributed by atoms with Gasteiger partial charge in [0.25, 0.3) is 0 Å². The summed E-state index contributed by atoms with van der Waals surface area (Å²) in [7, 11) is 3.21. The van der Waals surface area contributed by atoms with Gasteiger partial charge in [-0.1, -0.05) is 18.2 Å². The first-order chi connectivity index (χ1) is 12.7. The van der Waals surface area contributed by atoms with Crippen LogP contribution in [0.2, 0.25) is 0 Å². The second kappa shape index (κ2) is 7.92. The van der Waals surface area contributed by atoms with Gasteiger partial charge in [0.1, 0.15) is 17.3 Å². The zero-order valence-electron chi connectivity index (χ0n) is 15.0. The maximum Gasteiger partial charge on any atom is 0.143 e. The van der Waals surface area contributed by atoms with Gasteiger partial charge in [0, 0.05) is 30.3 Å². The molecule has 5 heteroatoms. The Bertz CT molecular complexity index is 865. The molecule has 0 unspecified atom stereocenters. The van der Waals surface area contributed by atoms with Gasteiger partial charge in [-0.3, -0.25) is 0 Å². The molecule has 1 saturated heterocycles. The third-order valence-corrected chi connectivity index (χ3v) is 4.56. The first kappa shape index (κ1) is 17.8. The summed E-state index contributed by atoms with van der Waals surface area (Å²) in [5.74, 6) is 0.904. The summed E-state index contributed by atoms with van der Waals surface area (Å²) < 4.78 is 25.2. The van der Waals surface area contributed by atoms with Crippen molar-refractivity contribution < 1.29 is 13.9 Å². The van der Waals surface area contributed by atoms with Gasteiger partial charge in [-0.15, -0.1) is 0 Å². The second-order valence-electron chi connectivity index (χ2n) is 6.11. The molecule has 0 atom stereocenters. The monoisotopic (exact) mass is 352 g/mol. The Kier molecular flexibility index (Phi) is 5.43. The molecule has 0 bridgehead atoms. The number of nitriles is 1. The van der Waals surface area contributed by atoms with Gasteiger partial charge in [-0.25, -0.2) is 4.39 Å². The second-order valence-corrected chi connectivity index (χ2v) is 6.11. The van der Waals surface area contributed by atoms with Crippen molar-refractivity contribution in [2.24, 2.45) is 0 Å². The molecule has 0 N–H and O–H groups in total. The predicted molar refractivity (Wildman–Crippen MR) is 101 cm³/mol. The number of hydrogen-bond acceptors (Lipinski definition) is 4. The third kappa shape index (κ3) is 3.50. The minimum atomic E-state index is -0.431. The van der Waals surface area contributed by atoms with E-state index in [1.807, 2.05) is 12.1 Å². The van der Waals surface area contributed by atoms with E-state index in [2.05, 4.69) is 11.0 Å². The molecule has 0 radical (unpaired) electrons.